The zero-order chi connectivity index (χ0) is 14.5. The van der Waals surface area contributed by atoms with Gasteiger partial charge in [0.1, 0.15) is 0 Å². The van der Waals surface area contributed by atoms with E-state index in [1.807, 2.05) is 0 Å². The normalized spacial score (nSPS) is 17.6. The number of rotatable bonds is 4. The second kappa shape index (κ2) is 6.95. The Bertz CT molecular complexity index is 472. The SMILES string of the molecule is CC(NC(=O)c1cc(Cl)ccc1NN)C1CCCCC1. The highest BCUT2D eigenvalue weighted by Crippen LogP contribution is 2.27. The summed E-state index contributed by atoms with van der Waals surface area (Å²) in [7, 11) is 0. The molecule has 0 aromatic heterocycles. The fourth-order valence-electron chi connectivity index (χ4n) is 2.87. The highest BCUT2D eigenvalue weighted by Gasteiger charge is 2.22. The molecule has 1 aromatic carbocycles. The third-order valence-corrected chi connectivity index (χ3v) is 4.33. The molecule has 4 nitrogen and oxygen atoms in total. The summed E-state index contributed by atoms with van der Waals surface area (Å²) in [6.45, 7) is 2.08. The number of hydrogen-bond acceptors (Lipinski definition) is 3. The molecule has 1 fully saturated rings. The Morgan fingerprint density at radius 1 is 1.35 bits per heavy atom. The molecule has 1 unspecified atom stereocenters. The average Bonchev–Trinajstić information content (AvgIpc) is 2.48. The molecule has 1 saturated carbocycles. The van der Waals surface area contributed by atoms with Crippen LogP contribution in [-0.4, -0.2) is 11.9 Å². The Labute approximate surface area is 125 Å². The molecular formula is C15H22ClN3O. The molecule has 1 amide bonds. The highest BCUT2D eigenvalue weighted by molar-refractivity contribution is 6.31. The Morgan fingerprint density at radius 2 is 2.05 bits per heavy atom. The largest absolute Gasteiger partial charge is 0.349 e. The Morgan fingerprint density at radius 3 is 2.70 bits per heavy atom. The van der Waals surface area contributed by atoms with E-state index in [2.05, 4.69) is 17.7 Å². The molecule has 110 valence electrons. The summed E-state index contributed by atoms with van der Waals surface area (Å²) in [4.78, 5) is 12.4. The van der Waals surface area contributed by atoms with Crippen LogP contribution in [0, 0.1) is 5.92 Å². The first kappa shape index (κ1) is 15.1. The molecule has 1 aliphatic carbocycles. The number of hydrogen-bond donors (Lipinski definition) is 3. The van der Waals surface area contributed by atoms with Crippen molar-refractivity contribution in [2.75, 3.05) is 5.43 Å². The predicted octanol–water partition coefficient (Wildman–Crippen LogP) is 3.32. The maximum absolute atomic E-state index is 12.4. The van der Waals surface area contributed by atoms with E-state index in [-0.39, 0.29) is 11.9 Å². The Balaban J connectivity index is 2.05. The van der Waals surface area contributed by atoms with Crippen LogP contribution in [0.4, 0.5) is 5.69 Å². The topological polar surface area (TPSA) is 67.2 Å². The van der Waals surface area contributed by atoms with E-state index >= 15 is 0 Å². The van der Waals surface area contributed by atoms with E-state index in [0.717, 1.165) is 0 Å². The predicted molar refractivity (Wildman–Crippen MR) is 82.8 cm³/mol. The first-order valence-corrected chi connectivity index (χ1v) is 7.56. The van der Waals surface area contributed by atoms with Gasteiger partial charge in [-0.15, -0.1) is 0 Å². The van der Waals surface area contributed by atoms with E-state index in [9.17, 15) is 4.79 Å². The van der Waals surface area contributed by atoms with Crippen LogP contribution in [0.1, 0.15) is 49.4 Å². The van der Waals surface area contributed by atoms with E-state index in [1.54, 1.807) is 18.2 Å². The lowest BCUT2D eigenvalue weighted by Crippen LogP contribution is -2.39. The molecular weight excluding hydrogens is 274 g/mol. The molecule has 0 heterocycles. The molecule has 0 aliphatic heterocycles. The second-order valence-corrected chi connectivity index (χ2v) is 5.93. The molecule has 4 N–H and O–H groups in total. The van der Waals surface area contributed by atoms with Crippen molar-refractivity contribution in [3.63, 3.8) is 0 Å². The summed E-state index contributed by atoms with van der Waals surface area (Å²) >= 11 is 5.95. The van der Waals surface area contributed by atoms with Gasteiger partial charge in [0.25, 0.3) is 5.91 Å². The van der Waals surface area contributed by atoms with Gasteiger partial charge in [0, 0.05) is 11.1 Å². The molecule has 0 radical (unpaired) electrons. The number of carbonyl (C=O) groups is 1. The van der Waals surface area contributed by atoms with Crippen LogP contribution in [-0.2, 0) is 0 Å². The molecule has 1 atom stereocenters. The maximum atomic E-state index is 12.4. The molecule has 1 aliphatic rings. The smallest absolute Gasteiger partial charge is 0.253 e. The Kier molecular flexibility index (Phi) is 5.26. The van der Waals surface area contributed by atoms with Crippen LogP contribution in [0.2, 0.25) is 5.02 Å². The molecule has 0 bridgehead atoms. The molecule has 1 aromatic rings. The van der Waals surface area contributed by atoms with Crippen LogP contribution in [0.15, 0.2) is 18.2 Å². The van der Waals surface area contributed by atoms with Gasteiger partial charge in [-0.2, -0.15) is 0 Å². The van der Waals surface area contributed by atoms with Crippen molar-refractivity contribution >= 4 is 23.2 Å². The monoisotopic (exact) mass is 295 g/mol. The van der Waals surface area contributed by atoms with Gasteiger partial charge in [-0.25, -0.2) is 0 Å². The fourth-order valence-corrected chi connectivity index (χ4v) is 3.04. The van der Waals surface area contributed by atoms with Crippen LogP contribution in [0.25, 0.3) is 0 Å². The third-order valence-electron chi connectivity index (χ3n) is 4.10. The van der Waals surface area contributed by atoms with Crippen LogP contribution >= 0.6 is 11.6 Å². The van der Waals surface area contributed by atoms with Gasteiger partial charge in [-0.05, 0) is 43.9 Å². The zero-order valence-electron chi connectivity index (χ0n) is 11.8. The molecule has 2 rings (SSSR count). The standard InChI is InChI=1S/C15H22ClN3O/c1-10(11-5-3-2-4-6-11)18-15(20)13-9-12(16)7-8-14(13)19-17/h7-11,19H,2-6,17H2,1H3,(H,18,20). The molecule has 0 saturated heterocycles. The van der Waals surface area contributed by atoms with Gasteiger partial charge in [-0.1, -0.05) is 30.9 Å². The van der Waals surface area contributed by atoms with Gasteiger partial charge in [0.05, 0.1) is 11.3 Å². The first-order valence-electron chi connectivity index (χ1n) is 7.19. The number of nitrogens with one attached hydrogen (secondary N) is 2. The van der Waals surface area contributed by atoms with Crippen molar-refractivity contribution < 1.29 is 4.79 Å². The van der Waals surface area contributed by atoms with Crippen molar-refractivity contribution in [3.8, 4) is 0 Å². The summed E-state index contributed by atoms with van der Waals surface area (Å²) in [5.74, 6) is 5.88. The summed E-state index contributed by atoms with van der Waals surface area (Å²) in [6, 6.07) is 5.23. The minimum atomic E-state index is -0.126. The summed E-state index contributed by atoms with van der Waals surface area (Å²) < 4.78 is 0. The first-order chi connectivity index (χ1) is 9.61. The van der Waals surface area contributed by atoms with E-state index in [4.69, 9.17) is 17.4 Å². The average molecular weight is 296 g/mol. The van der Waals surface area contributed by atoms with Gasteiger partial charge in [0.15, 0.2) is 0 Å². The van der Waals surface area contributed by atoms with Crippen molar-refractivity contribution in [1.82, 2.24) is 5.32 Å². The zero-order valence-corrected chi connectivity index (χ0v) is 12.5. The van der Waals surface area contributed by atoms with Gasteiger partial charge >= 0.3 is 0 Å². The van der Waals surface area contributed by atoms with Crippen LogP contribution < -0.4 is 16.6 Å². The Hall–Kier alpha value is -1.26. The lowest BCUT2D eigenvalue weighted by molar-refractivity contribution is 0.0920. The number of anilines is 1. The summed E-state index contributed by atoms with van der Waals surface area (Å²) in [6.07, 6.45) is 6.22. The van der Waals surface area contributed by atoms with E-state index < -0.39 is 0 Å². The van der Waals surface area contributed by atoms with Crippen molar-refractivity contribution in [2.24, 2.45) is 11.8 Å². The third kappa shape index (κ3) is 3.64. The van der Waals surface area contributed by atoms with Gasteiger partial charge < -0.3 is 10.7 Å². The molecule has 0 spiro atoms. The number of carbonyl (C=O) groups excluding carboxylic acids is 1. The minimum Gasteiger partial charge on any atom is -0.349 e. The molecule has 5 heteroatoms. The van der Waals surface area contributed by atoms with E-state index in [0.29, 0.717) is 22.2 Å². The highest BCUT2D eigenvalue weighted by atomic mass is 35.5. The minimum absolute atomic E-state index is 0.126. The number of nitrogen functional groups attached to an aromatic ring is 1. The number of nitrogens with two attached hydrogens (primary N) is 1. The second-order valence-electron chi connectivity index (χ2n) is 5.49. The van der Waals surface area contributed by atoms with Crippen molar-refractivity contribution in [1.29, 1.82) is 0 Å². The number of halogens is 1. The number of benzene rings is 1. The maximum Gasteiger partial charge on any atom is 0.253 e. The quantitative estimate of drug-likeness (QED) is 0.589. The van der Waals surface area contributed by atoms with Gasteiger partial charge in [-0.3, -0.25) is 10.6 Å². The van der Waals surface area contributed by atoms with Crippen LogP contribution in [0.5, 0.6) is 0 Å². The van der Waals surface area contributed by atoms with Crippen LogP contribution in [0.3, 0.4) is 0 Å². The van der Waals surface area contributed by atoms with Crippen molar-refractivity contribution in [2.45, 2.75) is 45.1 Å². The number of hydrazine groups is 1. The lowest BCUT2D eigenvalue weighted by Gasteiger charge is -2.28. The number of amides is 1. The summed E-state index contributed by atoms with van der Waals surface area (Å²) in [5, 5.41) is 3.60. The van der Waals surface area contributed by atoms with Crippen molar-refractivity contribution in [3.05, 3.63) is 28.8 Å². The fraction of sp³-hybridized carbons (Fsp3) is 0.533. The van der Waals surface area contributed by atoms with E-state index in [1.165, 1.54) is 32.1 Å². The molecule has 20 heavy (non-hydrogen) atoms. The summed E-state index contributed by atoms with van der Waals surface area (Å²) in [5.41, 5.74) is 3.61. The lowest BCUT2D eigenvalue weighted by atomic mass is 9.84. The van der Waals surface area contributed by atoms with Gasteiger partial charge in [0.2, 0.25) is 0 Å².